The molecule has 1 atom stereocenters. The molecule has 158 valence electrons. The van der Waals surface area contributed by atoms with Gasteiger partial charge < -0.3 is 29.3 Å². The summed E-state index contributed by atoms with van der Waals surface area (Å²) in [6, 6.07) is 9.74. The largest absolute Gasteiger partial charge is 0.490 e. The van der Waals surface area contributed by atoms with Crippen molar-refractivity contribution >= 4 is 35.6 Å². The van der Waals surface area contributed by atoms with Gasteiger partial charge in [0.1, 0.15) is 5.76 Å². The smallest absolute Gasteiger partial charge is 0.195 e. The van der Waals surface area contributed by atoms with Crippen LogP contribution in [-0.4, -0.2) is 45.0 Å². The lowest BCUT2D eigenvalue weighted by molar-refractivity contribution is 0.118. The Morgan fingerprint density at radius 3 is 2.76 bits per heavy atom. The van der Waals surface area contributed by atoms with Crippen molar-refractivity contribution in [3.8, 4) is 11.5 Å². The molecular formula is C21H28IN3O4. The average Bonchev–Trinajstić information content (AvgIpc) is 3.37. The number of nitrogens with one attached hydrogen (secondary N) is 2. The topological polar surface area (TPSA) is 77.3 Å². The van der Waals surface area contributed by atoms with E-state index >= 15 is 0 Å². The van der Waals surface area contributed by atoms with Crippen molar-refractivity contribution in [3.63, 3.8) is 0 Å². The number of nitrogens with zero attached hydrogens (tertiary/aromatic N) is 1. The first-order valence-corrected chi connectivity index (χ1v) is 9.96. The van der Waals surface area contributed by atoms with Gasteiger partial charge in [-0.2, -0.15) is 0 Å². The minimum atomic E-state index is 0. The summed E-state index contributed by atoms with van der Waals surface area (Å²) in [5.41, 5.74) is 0.904. The van der Waals surface area contributed by atoms with Gasteiger partial charge >= 0.3 is 0 Å². The summed E-state index contributed by atoms with van der Waals surface area (Å²) in [5.74, 6) is 3.21. The van der Waals surface area contributed by atoms with E-state index < -0.39 is 0 Å². The highest BCUT2D eigenvalue weighted by atomic mass is 127. The molecule has 0 aliphatic carbocycles. The molecule has 2 aliphatic rings. The molecule has 1 aromatic carbocycles. The van der Waals surface area contributed by atoms with Crippen LogP contribution in [0.1, 0.15) is 25.0 Å². The molecule has 1 fully saturated rings. The molecule has 0 radical (unpaired) electrons. The van der Waals surface area contributed by atoms with Crippen LogP contribution in [0.15, 0.2) is 46.0 Å². The molecule has 2 N–H and O–H groups in total. The fraction of sp³-hybridized carbons (Fsp3) is 0.476. The van der Waals surface area contributed by atoms with E-state index in [4.69, 9.17) is 23.6 Å². The molecule has 0 bridgehead atoms. The first-order valence-electron chi connectivity index (χ1n) is 9.96. The van der Waals surface area contributed by atoms with Gasteiger partial charge in [0, 0.05) is 37.7 Å². The predicted molar refractivity (Wildman–Crippen MR) is 123 cm³/mol. The molecule has 0 spiro atoms. The zero-order valence-corrected chi connectivity index (χ0v) is 18.7. The number of rotatable bonds is 6. The third-order valence-corrected chi connectivity index (χ3v) is 4.73. The number of aliphatic imine (C=N–C) groups is 1. The molecule has 1 unspecified atom stereocenters. The molecular weight excluding hydrogens is 485 g/mol. The predicted octanol–water partition coefficient (Wildman–Crippen LogP) is 3.84. The molecule has 0 saturated carbocycles. The summed E-state index contributed by atoms with van der Waals surface area (Å²) in [6.45, 7) is 3.53. The van der Waals surface area contributed by atoms with Crippen LogP contribution >= 0.6 is 24.0 Å². The maximum absolute atomic E-state index is 5.78. The monoisotopic (exact) mass is 513 g/mol. The van der Waals surface area contributed by atoms with Crippen molar-refractivity contribution in [1.82, 2.24) is 5.32 Å². The number of fused-ring (bicyclic) bond motifs is 1. The summed E-state index contributed by atoms with van der Waals surface area (Å²) < 4.78 is 22.6. The fourth-order valence-electron chi connectivity index (χ4n) is 3.26. The van der Waals surface area contributed by atoms with Gasteiger partial charge in [0.2, 0.25) is 0 Å². The van der Waals surface area contributed by atoms with Crippen LogP contribution in [-0.2, 0) is 11.2 Å². The van der Waals surface area contributed by atoms with E-state index in [-0.39, 0.29) is 30.1 Å². The van der Waals surface area contributed by atoms with E-state index in [0.717, 1.165) is 67.7 Å². The second-order valence-corrected chi connectivity index (χ2v) is 6.92. The Kier molecular flexibility index (Phi) is 8.48. The van der Waals surface area contributed by atoms with E-state index in [1.165, 1.54) is 0 Å². The number of benzene rings is 1. The molecule has 2 aliphatic heterocycles. The van der Waals surface area contributed by atoms with Crippen molar-refractivity contribution < 1.29 is 18.6 Å². The van der Waals surface area contributed by atoms with Gasteiger partial charge in [0.05, 0.1) is 32.1 Å². The van der Waals surface area contributed by atoms with E-state index in [1.54, 1.807) is 6.26 Å². The van der Waals surface area contributed by atoms with Crippen LogP contribution in [0, 0.1) is 0 Å². The number of halogens is 1. The third kappa shape index (κ3) is 6.53. The van der Waals surface area contributed by atoms with Gasteiger partial charge in [-0.25, -0.2) is 0 Å². The Morgan fingerprint density at radius 2 is 1.97 bits per heavy atom. The summed E-state index contributed by atoms with van der Waals surface area (Å²) in [7, 11) is 0. The Hall–Kier alpha value is -1.94. The Bertz CT molecular complexity index is 776. The number of hydrogen-bond donors (Lipinski definition) is 2. The van der Waals surface area contributed by atoms with Gasteiger partial charge in [-0.1, -0.05) is 0 Å². The quantitative estimate of drug-likeness (QED) is 0.348. The van der Waals surface area contributed by atoms with Crippen LogP contribution < -0.4 is 20.1 Å². The summed E-state index contributed by atoms with van der Waals surface area (Å²) >= 11 is 0. The second-order valence-electron chi connectivity index (χ2n) is 6.92. The summed E-state index contributed by atoms with van der Waals surface area (Å²) in [4.78, 5) is 4.72. The van der Waals surface area contributed by atoms with Crippen LogP contribution in [0.25, 0.3) is 0 Å². The molecule has 2 aromatic rings. The minimum Gasteiger partial charge on any atom is -0.490 e. The Balaban J connectivity index is 0.00000240. The molecule has 1 aromatic heterocycles. The van der Waals surface area contributed by atoms with Crippen molar-refractivity contribution in [1.29, 1.82) is 0 Å². The third-order valence-electron chi connectivity index (χ3n) is 4.73. The van der Waals surface area contributed by atoms with Crippen LogP contribution in [0.4, 0.5) is 5.69 Å². The van der Waals surface area contributed by atoms with E-state index in [0.29, 0.717) is 19.8 Å². The number of guanidine groups is 1. The summed E-state index contributed by atoms with van der Waals surface area (Å²) in [5, 5.41) is 6.74. The Labute approximate surface area is 188 Å². The molecule has 1 saturated heterocycles. The lowest BCUT2D eigenvalue weighted by Crippen LogP contribution is -2.33. The average molecular weight is 513 g/mol. The zero-order chi connectivity index (χ0) is 19.0. The normalized spacial score (nSPS) is 18.6. The molecule has 29 heavy (non-hydrogen) atoms. The van der Waals surface area contributed by atoms with Crippen LogP contribution in [0.5, 0.6) is 11.5 Å². The van der Waals surface area contributed by atoms with Gasteiger partial charge in [-0.3, -0.25) is 4.99 Å². The lowest BCUT2D eigenvalue weighted by atomic mass is 10.2. The van der Waals surface area contributed by atoms with Gasteiger partial charge in [0.25, 0.3) is 0 Å². The molecule has 4 rings (SSSR count). The highest BCUT2D eigenvalue weighted by Gasteiger charge is 2.16. The number of furan rings is 1. The Morgan fingerprint density at radius 1 is 1.07 bits per heavy atom. The first kappa shape index (κ1) is 21.8. The van der Waals surface area contributed by atoms with Gasteiger partial charge in [-0.15, -0.1) is 24.0 Å². The second kappa shape index (κ2) is 11.3. The van der Waals surface area contributed by atoms with Gasteiger partial charge in [-0.05, 0) is 37.1 Å². The SMILES string of the molecule is I.c1coc(CCNC(=NCC2CCCO2)Nc2ccc3c(c2)OCCCO3)c1. The number of hydrogen-bond acceptors (Lipinski definition) is 5. The minimum absolute atomic E-state index is 0. The zero-order valence-electron chi connectivity index (χ0n) is 16.4. The van der Waals surface area contributed by atoms with E-state index in [1.807, 2.05) is 30.3 Å². The summed E-state index contributed by atoms with van der Waals surface area (Å²) in [6.07, 6.45) is 5.74. The highest BCUT2D eigenvalue weighted by molar-refractivity contribution is 14.0. The van der Waals surface area contributed by atoms with E-state index in [2.05, 4.69) is 10.6 Å². The standard InChI is InChI=1S/C21H27N3O4.HI/c1-4-17(25-10-1)8-9-22-21(23-15-18-5-2-11-26-18)24-16-6-7-19-20(14-16)28-13-3-12-27-19;/h1,4,6-7,10,14,18H,2-3,5,8-9,11-13,15H2,(H2,22,23,24);1H. The van der Waals surface area contributed by atoms with Crippen molar-refractivity contribution in [3.05, 3.63) is 42.4 Å². The number of ether oxygens (including phenoxy) is 3. The molecule has 3 heterocycles. The van der Waals surface area contributed by atoms with Crippen LogP contribution in [0.2, 0.25) is 0 Å². The van der Waals surface area contributed by atoms with Crippen molar-refractivity contribution in [2.45, 2.75) is 31.8 Å². The van der Waals surface area contributed by atoms with Gasteiger partial charge in [0.15, 0.2) is 17.5 Å². The van der Waals surface area contributed by atoms with Crippen molar-refractivity contribution in [2.24, 2.45) is 4.99 Å². The maximum Gasteiger partial charge on any atom is 0.195 e. The molecule has 7 nitrogen and oxygen atoms in total. The lowest BCUT2D eigenvalue weighted by Gasteiger charge is -2.15. The highest BCUT2D eigenvalue weighted by Crippen LogP contribution is 2.32. The van der Waals surface area contributed by atoms with Crippen LogP contribution in [0.3, 0.4) is 0 Å². The first-order chi connectivity index (χ1) is 13.9. The van der Waals surface area contributed by atoms with Crippen molar-refractivity contribution in [2.75, 3.05) is 38.2 Å². The number of anilines is 1. The maximum atomic E-state index is 5.78. The molecule has 0 amide bonds. The fourth-order valence-corrected chi connectivity index (χ4v) is 3.26. The molecule has 8 heteroatoms. The van der Waals surface area contributed by atoms with E-state index in [9.17, 15) is 0 Å².